The topological polar surface area (TPSA) is 198 Å². The van der Waals surface area contributed by atoms with Crippen LogP contribution in [0.2, 0.25) is 10.0 Å². The third-order valence-corrected chi connectivity index (χ3v) is 13.5. The second-order valence-electron chi connectivity index (χ2n) is 20.4. The number of aryl methyl sites for hydroxylation is 2. The molecule has 2 atom stereocenters. The highest BCUT2D eigenvalue weighted by Gasteiger charge is 2.32. The number of piperidine rings is 2. The molecule has 2 N–H and O–H groups in total. The van der Waals surface area contributed by atoms with Crippen LogP contribution in [0.1, 0.15) is 88.7 Å². The number of halogens is 2. The maximum Gasteiger partial charge on any atom is 0.407 e. The van der Waals surface area contributed by atoms with Gasteiger partial charge in [0.15, 0.2) is 6.29 Å². The Morgan fingerprint density at radius 3 is 1.60 bits per heavy atom. The minimum absolute atomic E-state index is 0.114. The molecule has 2 aliphatic heterocycles. The first kappa shape index (κ1) is 53.1. The Bertz CT molecular complexity index is 3300. The molecule has 0 saturated carbocycles. The zero-order valence-electron chi connectivity index (χ0n) is 42.5. The number of nitrogens with one attached hydrogen (secondary N) is 2. The number of nitrogens with zero attached hydrogens (tertiary/aromatic N) is 8. The monoisotopic (exact) mass is 1030 g/mol. The number of aldehydes is 1. The van der Waals surface area contributed by atoms with E-state index in [-0.39, 0.29) is 46.5 Å². The molecule has 0 aliphatic carbocycles. The van der Waals surface area contributed by atoms with Crippen molar-refractivity contribution >= 4 is 75.4 Å². The number of ether oxygens (including phenoxy) is 2. The number of benzene rings is 2. The molecule has 6 heterocycles. The smallest absolute Gasteiger partial charge is 0.407 e. The van der Waals surface area contributed by atoms with E-state index in [1.54, 1.807) is 45.5 Å². The lowest BCUT2D eigenvalue weighted by Gasteiger charge is -2.36. The van der Waals surface area contributed by atoms with Gasteiger partial charge in [-0.15, -0.1) is 0 Å². The van der Waals surface area contributed by atoms with Crippen molar-refractivity contribution in [3.63, 3.8) is 0 Å². The van der Waals surface area contributed by atoms with Crippen LogP contribution in [-0.4, -0.2) is 95.3 Å². The summed E-state index contributed by atoms with van der Waals surface area (Å²) in [6.45, 7) is 13.8. The maximum atomic E-state index is 13.4. The number of fused-ring (bicyclic) bond motifs is 2. The zero-order chi connectivity index (χ0) is 52.6. The quantitative estimate of drug-likeness (QED) is 0.155. The van der Waals surface area contributed by atoms with Gasteiger partial charge in [-0.3, -0.25) is 32.7 Å². The van der Waals surface area contributed by atoms with Gasteiger partial charge in [0.05, 0.1) is 29.7 Å². The highest BCUT2D eigenvalue weighted by atomic mass is 35.5. The number of alkyl carbamates (subject to hydrolysis) is 2. The van der Waals surface area contributed by atoms with Crippen LogP contribution in [0.25, 0.3) is 22.1 Å². The summed E-state index contributed by atoms with van der Waals surface area (Å²) in [4.78, 5) is 93.5. The van der Waals surface area contributed by atoms with Gasteiger partial charge in [-0.05, 0) is 90.5 Å². The molecule has 0 spiro atoms. The highest BCUT2D eigenvalue weighted by Crippen LogP contribution is 2.34. The van der Waals surface area contributed by atoms with E-state index in [1.165, 1.54) is 23.2 Å². The lowest BCUT2D eigenvalue weighted by atomic mass is 10.1. The van der Waals surface area contributed by atoms with Gasteiger partial charge in [-0.2, -0.15) is 0 Å². The van der Waals surface area contributed by atoms with Gasteiger partial charge in [0.25, 0.3) is 11.1 Å². The molecular formula is C51H64Cl2N10O9. The van der Waals surface area contributed by atoms with E-state index in [0.29, 0.717) is 59.4 Å². The molecule has 0 unspecified atom stereocenters. The van der Waals surface area contributed by atoms with Crippen LogP contribution in [-0.2, 0) is 50.8 Å². The van der Waals surface area contributed by atoms with Gasteiger partial charge < -0.3 is 39.0 Å². The lowest BCUT2D eigenvalue weighted by molar-refractivity contribution is 0.0488. The van der Waals surface area contributed by atoms with Crippen LogP contribution in [0, 0.1) is 0 Å². The number of anilines is 2. The first-order chi connectivity index (χ1) is 33.9. The van der Waals surface area contributed by atoms with Gasteiger partial charge in [-0.1, -0.05) is 59.6 Å². The van der Waals surface area contributed by atoms with E-state index < -0.39 is 34.6 Å². The Morgan fingerprint density at radius 2 is 1.10 bits per heavy atom. The summed E-state index contributed by atoms with van der Waals surface area (Å²) in [5.41, 5.74) is 0.405. The molecule has 6 aromatic rings. The molecule has 2 saturated heterocycles. The van der Waals surface area contributed by atoms with Crippen LogP contribution in [0.15, 0.2) is 73.8 Å². The summed E-state index contributed by atoms with van der Waals surface area (Å²) in [6.07, 6.45) is 2.87. The maximum absolute atomic E-state index is 13.4. The number of hydrogen-bond acceptors (Lipinski definition) is 11. The molecule has 4 aromatic heterocycles. The summed E-state index contributed by atoms with van der Waals surface area (Å²) in [5.74, 6) is 1.31. The third-order valence-electron chi connectivity index (χ3n) is 12.8. The van der Waals surface area contributed by atoms with Crippen molar-refractivity contribution in [3.05, 3.63) is 123 Å². The van der Waals surface area contributed by atoms with E-state index in [1.807, 2.05) is 78.8 Å². The fourth-order valence-electron chi connectivity index (χ4n) is 9.47. The number of amides is 2. The van der Waals surface area contributed by atoms with E-state index in [0.717, 1.165) is 58.3 Å². The average molecular weight is 1030 g/mol. The fourth-order valence-corrected chi connectivity index (χ4v) is 9.86. The normalized spacial score (nSPS) is 16.3. The van der Waals surface area contributed by atoms with Crippen molar-refractivity contribution < 1.29 is 23.9 Å². The Hall–Kier alpha value is -6.73. The molecule has 19 nitrogen and oxygen atoms in total. The predicted molar refractivity (Wildman–Crippen MR) is 281 cm³/mol. The fraction of sp³-hybridized carbons (Fsp3) is 0.471. The minimum Gasteiger partial charge on any atom is -0.444 e. The van der Waals surface area contributed by atoms with Crippen molar-refractivity contribution in [2.24, 2.45) is 28.2 Å². The van der Waals surface area contributed by atoms with Gasteiger partial charge in [0.1, 0.15) is 33.9 Å². The molecule has 8 rings (SSSR count). The molecule has 0 radical (unpaired) electrons. The van der Waals surface area contributed by atoms with Crippen molar-refractivity contribution in [3.8, 4) is 0 Å². The number of hydrogen-bond donors (Lipinski definition) is 2. The average Bonchev–Trinajstić information content (AvgIpc) is 3.85. The van der Waals surface area contributed by atoms with Crippen LogP contribution in [0.4, 0.5) is 21.2 Å². The van der Waals surface area contributed by atoms with E-state index in [2.05, 4.69) is 15.5 Å². The molecule has 21 heteroatoms. The van der Waals surface area contributed by atoms with Crippen molar-refractivity contribution in [2.45, 2.75) is 104 Å². The predicted octanol–water partition coefficient (Wildman–Crippen LogP) is 6.28. The Kier molecular flexibility index (Phi) is 15.6. The van der Waals surface area contributed by atoms with Crippen LogP contribution in [0.5, 0.6) is 0 Å². The summed E-state index contributed by atoms with van der Waals surface area (Å²) in [5, 5.41) is 7.02. The molecule has 2 amide bonds. The number of carbonyl (C=O) groups excluding carboxylic acids is 3. The number of aromatic nitrogens is 6. The summed E-state index contributed by atoms with van der Waals surface area (Å²) in [7, 11) is 6.11. The SMILES string of the molecule is Cn1c(=O)c2c(c(C=O)c(N3CCC[C@@H](NC(=O)OC(C)(C)C)C3)n2Cc2ccccc2Cl)n(C)c1=O.Cn1c(=O)c2c(cc(N3CCC[C@@H](NC(=O)OC(C)(C)C)C3)n2Cc2ccccc2Cl)n(C)c1=O. The van der Waals surface area contributed by atoms with Gasteiger partial charge in [-0.25, -0.2) is 19.2 Å². The Morgan fingerprint density at radius 1 is 0.639 bits per heavy atom. The molecule has 0 bridgehead atoms. The molecule has 2 fully saturated rings. The second kappa shape index (κ2) is 21.2. The molecular weight excluding hydrogens is 968 g/mol. The first-order valence-corrected chi connectivity index (χ1v) is 24.7. The third kappa shape index (κ3) is 11.3. The summed E-state index contributed by atoms with van der Waals surface area (Å²) in [6, 6.07) is 16.3. The van der Waals surface area contributed by atoms with Gasteiger partial charge in [0, 0.05) is 82.6 Å². The largest absolute Gasteiger partial charge is 0.444 e. The Labute approximate surface area is 426 Å². The van der Waals surface area contributed by atoms with E-state index in [9.17, 15) is 33.6 Å². The van der Waals surface area contributed by atoms with Crippen molar-refractivity contribution in [2.75, 3.05) is 36.0 Å². The zero-order valence-corrected chi connectivity index (χ0v) is 44.0. The second-order valence-corrected chi connectivity index (χ2v) is 21.2. The first-order valence-electron chi connectivity index (χ1n) is 23.9. The van der Waals surface area contributed by atoms with Crippen LogP contribution in [0.3, 0.4) is 0 Å². The number of rotatable bonds is 9. The van der Waals surface area contributed by atoms with Crippen molar-refractivity contribution in [1.29, 1.82) is 0 Å². The minimum atomic E-state index is -0.630. The van der Waals surface area contributed by atoms with E-state index >= 15 is 0 Å². The lowest BCUT2D eigenvalue weighted by Crippen LogP contribution is -2.49. The molecule has 2 aromatic carbocycles. The standard InChI is InChI=1S/C26H32ClN5O5.C25H32ClN5O4/c1-26(2,3)37-24(35)28-17-10-8-12-31(14-17)22-18(15-33)20-21(23(34)30(5)25(36)29(20)4)32(22)13-16-9-6-7-11-19(16)27;1-25(2,3)35-23(33)27-17-10-8-12-30(15-17)20-13-19-21(22(32)29(5)24(34)28(19)4)31(20)14-16-9-6-7-11-18(16)26/h6-7,9,11,15,17H,8,10,12-14H2,1-5H3,(H,28,35);6-7,9,11,13,17H,8,10,12,14-15H2,1-5H3,(H,27,33)/t2*17-/m11/s1. The van der Waals surface area contributed by atoms with Crippen molar-refractivity contribution in [1.82, 2.24) is 38.0 Å². The van der Waals surface area contributed by atoms with E-state index in [4.69, 9.17) is 32.7 Å². The molecule has 386 valence electrons. The highest BCUT2D eigenvalue weighted by molar-refractivity contribution is 6.31. The summed E-state index contributed by atoms with van der Waals surface area (Å²) < 4.78 is 19.5. The van der Waals surface area contributed by atoms with Gasteiger partial charge in [0.2, 0.25) is 0 Å². The molecule has 2 aliphatic rings. The number of carbonyl (C=O) groups is 3. The van der Waals surface area contributed by atoms with Crippen LogP contribution >= 0.6 is 23.2 Å². The van der Waals surface area contributed by atoms with Crippen LogP contribution < -0.4 is 42.9 Å². The summed E-state index contributed by atoms with van der Waals surface area (Å²) >= 11 is 12.9. The molecule has 72 heavy (non-hydrogen) atoms. The Balaban J connectivity index is 0.000000212. The van der Waals surface area contributed by atoms with Gasteiger partial charge >= 0.3 is 23.6 Å².